The molecule has 0 spiro atoms. The highest BCUT2D eigenvalue weighted by atomic mass is 32.2. The van der Waals surface area contributed by atoms with E-state index in [-0.39, 0.29) is 22.2 Å². The molecule has 0 aliphatic rings. The van der Waals surface area contributed by atoms with Gasteiger partial charge in [-0.3, -0.25) is 14.4 Å². The van der Waals surface area contributed by atoms with E-state index in [1.54, 1.807) is 18.5 Å². The van der Waals surface area contributed by atoms with Crippen molar-refractivity contribution in [3.8, 4) is 6.07 Å². The molecule has 8 heteroatoms. The third kappa shape index (κ3) is 2.80. The second-order valence-corrected chi connectivity index (χ2v) is 6.80. The molecule has 0 atom stereocenters. The van der Waals surface area contributed by atoms with E-state index in [0.29, 0.717) is 11.4 Å². The summed E-state index contributed by atoms with van der Waals surface area (Å²) in [5.41, 5.74) is 1.35. The molecule has 0 saturated heterocycles. The zero-order chi connectivity index (χ0) is 16.5. The van der Waals surface area contributed by atoms with E-state index in [2.05, 4.69) is 14.8 Å². The van der Waals surface area contributed by atoms with Crippen molar-refractivity contribution in [1.82, 2.24) is 14.8 Å². The number of sulfonamides is 1. The smallest absolute Gasteiger partial charge is 0.265 e. The molecule has 0 saturated carbocycles. The number of nitrogens with one attached hydrogen (secondary N) is 1. The highest BCUT2D eigenvalue weighted by Gasteiger charge is 2.26. The normalized spacial score (nSPS) is 11.5. The predicted molar refractivity (Wildman–Crippen MR) is 81.8 cm³/mol. The summed E-state index contributed by atoms with van der Waals surface area (Å²) in [6.07, 6.45) is 2.74. The van der Waals surface area contributed by atoms with Gasteiger partial charge < -0.3 is 0 Å². The highest BCUT2D eigenvalue weighted by molar-refractivity contribution is 7.92. The van der Waals surface area contributed by atoms with Crippen molar-refractivity contribution in [1.29, 1.82) is 5.26 Å². The second-order valence-electron chi connectivity index (χ2n) is 5.18. The number of pyridine rings is 1. The fourth-order valence-electron chi connectivity index (χ4n) is 2.31. The van der Waals surface area contributed by atoms with E-state index in [1.165, 1.54) is 18.5 Å². The highest BCUT2D eigenvalue weighted by Crippen LogP contribution is 2.25. The Morgan fingerprint density at radius 1 is 1.36 bits per heavy atom. The first-order valence-corrected chi connectivity index (χ1v) is 8.19. The third-order valence-electron chi connectivity index (χ3n) is 3.20. The van der Waals surface area contributed by atoms with Crippen LogP contribution in [0.2, 0.25) is 0 Å². The number of aryl methyl sites for hydroxylation is 1. The lowest BCUT2D eigenvalue weighted by molar-refractivity contribution is 0.514. The number of hydrogen-bond donors (Lipinski definition) is 1. The van der Waals surface area contributed by atoms with Crippen molar-refractivity contribution in [2.75, 3.05) is 4.72 Å². The van der Waals surface area contributed by atoms with Gasteiger partial charge in [0.15, 0.2) is 0 Å². The van der Waals surface area contributed by atoms with E-state index in [0.717, 1.165) is 0 Å². The van der Waals surface area contributed by atoms with Gasteiger partial charge in [-0.1, -0.05) is 0 Å². The average Bonchev–Trinajstić information content (AvgIpc) is 2.75. The zero-order valence-corrected chi connectivity index (χ0v) is 13.6. The van der Waals surface area contributed by atoms with Crippen molar-refractivity contribution in [2.45, 2.75) is 38.6 Å². The van der Waals surface area contributed by atoms with Crippen LogP contribution in [0.4, 0.5) is 5.69 Å². The van der Waals surface area contributed by atoms with Crippen LogP contribution >= 0.6 is 0 Å². The van der Waals surface area contributed by atoms with Crippen LogP contribution in [-0.2, 0) is 10.0 Å². The second kappa shape index (κ2) is 5.77. The van der Waals surface area contributed by atoms with E-state index in [4.69, 9.17) is 5.26 Å². The summed E-state index contributed by atoms with van der Waals surface area (Å²) in [4.78, 5) is 3.95. The van der Waals surface area contributed by atoms with E-state index < -0.39 is 10.0 Å². The fraction of sp³-hybridized carbons (Fsp3) is 0.357. The number of hydrogen-bond acceptors (Lipinski definition) is 5. The molecule has 0 radical (unpaired) electrons. The first kappa shape index (κ1) is 16.0. The van der Waals surface area contributed by atoms with Gasteiger partial charge in [-0.2, -0.15) is 10.4 Å². The average molecular weight is 319 g/mol. The maximum absolute atomic E-state index is 12.7. The Bertz CT molecular complexity index is 847. The molecule has 7 nitrogen and oxygen atoms in total. The molecule has 0 aromatic carbocycles. The van der Waals surface area contributed by atoms with Gasteiger partial charge in [0.2, 0.25) is 0 Å². The number of rotatable bonds is 4. The maximum Gasteiger partial charge on any atom is 0.265 e. The molecular weight excluding hydrogens is 302 g/mol. The van der Waals surface area contributed by atoms with Crippen molar-refractivity contribution in [2.24, 2.45) is 0 Å². The van der Waals surface area contributed by atoms with Gasteiger partial charge >= 0.3 is 0 Å². The summed E-state index contributed by atoms with van der Waals surface area (Å²) in [6, 6.07) is 3.42. The minimum Gasteiger partial charge on any atom is -0.278 e. The van der Waals surface area contributed by atoms with Crippen LogP contribution in [-0.4, -0.2) is 23.2 Å². The topological polar surface area (TPSA) is 101 Å². The summed E-state index contributed by atoms with van der Waals surface area (Å²) in [7, 11) is -3.83. The van der Waals surface area contributed by atoms with Gasteiger partial charge in [0.25, 0.3) is 10.0 Å². The molecule has 0 amide bonds. The number of aromatic nitrogens is 3. The van der Waals surface area contributed by atoms with Gasteiger partial charge in [0.1, 0.15) is 11.0 Å². The summed E-state index contributed by atoms with van der Waals surface area (Å²) in [6.45, 7) is 7.23. The number of nitrogens with zero attached hydrogens (tertiary/aromatic N) is 4. The molecule has 2 heterocycles. The number of anilines is 1. The SMILES string of the molecule is Cc1nn(C(C)C)c(C)c1S(=O)(=O)Nc1ccncc1C#N. The summed E-state index contributed by atoms with van der Waals surface area (Å²) in [5, 5.41) is 13.3. The van der Waals surface area contributed by atoms with E-state index in [1.807, 2.05) is 19.9 Å². The molecule has 2 aromatic rings. The first-order chi connectivity index (χ1) is 10.3. The largest absolute Gasteiger partial charge is 0.278 e. The van der Waals surface area contributed by atoms with Gasteiger partial charge in [0, 0.05) is 18.4 Å². The van der Waals surface area contributed by atoms with Crippen molar-refractivity contribution < 1.29 is 8.42 Å². The molecule has 0 aliphatic heterocycles. The van der Waals surface area contributed by atoms with Crippen LogP contribution in [0.1, 0.15) is 36.8 Å². The molecule has 116 valence electrons. The Kier molecular flexibility index (Phi) is 4.19. The lowest BCUT2D eigenvalue weighted by Gasteiger charge is -2.11. The quantitative estimate of drug-likeness (QED) is 0.930. The molecule has 0 bridgehead atoms. The molecule has 1 N–H and O–H groups in total. The monoisotopic (exact) mass is 319 g/mol. The Morgan fingerprint density at radius 3 is 2.59 bits per heavy atom. The van der Waals surface area contributed by atoms with E-state index >= 15 is 0 Å². The van der Waals surface area contributed by atoms with Crippen LogP contribution in [0.5, 0.6) is 0 Å². The molecule has 0 fully saturated rings. The van der Waals surface area contributed by atoms with Crippen molar-refractivity contribution >= 4 is 15.7 Å². The van der Waals surface area contributed by atoms with Crippen LogP contribution in [0, 0.1) is 25.2 Å². The summed E-state index contributed by atoms with van der Waals surface area (Å²) >= 11 is 0. The zero-order valence-electron chi connectivity index (χ0n) is 12.8. The van der Waals surface area contributed by atoms with Gasteiger partial charge in [0.05, 0.1) is 22.6 Å². The molecule has 2 aromatic heterocycles. The van der Waals surface area contributed by atoms with Crippen LogP contribution < -0.4 is 4.72 Å². The summed E-state index contributed by atoms with van der Waals surface area (Å²) < 4.78 is 29.4. The lowest BCUT2D eigenvalue weighted by atomic mass is 10.3. The lowest BCUT2D eigenvalue weighted by Crippen LogP contribution is -2.16. The predicted octanol–water partition coefficient (Wildman–Crippen LogP) is 2.15. The van der Waals surface area contributed by atoms with Gasteiger partial charge in [-0.15, -0.1) is 0 Å². The standard InChI is InChI=1S/C14H17N5O2S/c1-9(2)19-11(4)14(10(3)17-19)22(20,21)18-13-5-6-16-8-12(13)7-15/h5-6,8-9H,1-4H3,(H,16,18). The molecule has 22 heavy (non-hydrogen) atoms. The van der Waals surface area contributed by atoms with Crippen molar-refractivity contribution in [3.05, 3.63) is 35.4 Å². The van der Waals surface area contributed by atoms with Gasteiger partial charge in [-0.05, 0) is 33.8 Å². The molecule has 0 unspecified atom stereocenters. The minimum absolute atomic E-state index is 0.0539. The molecule has 2 rings (SSSR count). The third-order valence-corrected chi connectivity index (χ3v) is 4.82. The Labute approximate surface area is 129 Å². The van der Waals surface area contributed by atoms with Crippen LogP contribution in [0.15, 0.2) is 23.4 Å². The van der Waals surface area contributed by atoms with Crippen LogP contribution in [0.3, 0.4) is 0 Å². The molecular formula is C14H17N5O2S. The maximum atomic E-state index is 12.7. The van der Waals surface area contributed by atoms with Crippen molar-refractivity contribution in [3.63, 3.8) is 0 Å². The first-order valence-electron chi connectivity index (χ1n) is 6.70. The van der Waals surface area contributed by atoms with Crippen LogP contribution in [0.25, 0.3) is 0 Å². The summed E-state index contributed by atoms with van der Waals surface area (Å²) in [5.74, 6) is 0. The minimum atomic E-state index is -3.83. The Balaban J connectivity index is 2.51. The Hall–Kier alpha value is -2.40. The number of nitriles is 1. The fourth-order valence-corrected chi connectivity index (χ4v) is 3.79. The molecule has 0 aliphatic carbocycles. The Morgan fingerprint density at radius 2 is 2.05 bits per heavy atom. The van der Waals surface area contributed by atoms with E-state index in [9.17, 15) is 8.42 Å². The van der Waals surface area contributed by atoms with Gasteiger partial charge in [-0.25, -0.2) is 8.42 Å².